The van der Waals surface area contributed by atoms with Crippen LogP contribution in [0.5, 0.6) is 0 Å². The lowest BCUT2D eigenvalue weighted by Crippen LogP contribution is -2.03. The standard InChI is InChI=1S/C17H15NO2S2/c1-3-20-17(19)15-11(2)18-16(22-15)14-10-9-13(21-14)12-7-5-4-6-8-12/h4-10H,3H2,1-2H3. The minimum Gasteiger partial charge on any atom is -0.462 e. The van der Waals surface area contributed by atoms with Crippen molar-refractivity contribution in [1.82, 2.24) is 4.98 Å². The molecule has 3 aromatic rings. The van der Waals surface area contributed by atoms with Gasteiger partial charge in [-0.2, -0.15) is 0 Å². The summed E-state index contributed by atoms with van der Waals surface area (Å²) in [4.78, 5) is 19.3. The molecule has 2 aromatic heterocycles. The number of carbonyl (C=O) groups is 1. The largest absolute Gasteiger partial charge is 0.462 e. The molecule has 1 aromatic carbocycles. The molecular formula is C17H15NO2S2. The monoisotopic (exact) mass is 329 g/mol. The van der Waals surface area contributed by atoms with E-state index < -0.39 is 0 Å². The molecule has 0 unspecified atom stereocenters. The van der Waals surface area contributed by atoms with Crippen LogP contribution in [0.15, 0.2) is 42.5 Å². The zero-order valence-electron chi connectivity index (χ0n) is 12.3. The number of nitrogens with zero attached hydrogens (tertiary/aromatic N) is 1. The molecule has 112 valence electrons. The molecule has 2 heterocycles. The number of rotatable bonds is 4. The van der Waals surface area contributed by atoms with Gasteiger partial charge >= 0.3 is 5.97 Å². The van der Waals surface area contributed by atoms with Gasteiger partial charge in [-0.25, -0.2) is 9.78 Å². The number of esters is 1. The van der Waals surface area contributed by atoms with Crippen molar-refractivity contribution in [2.45, 2.75) is 13.8 Å². The quantitative estimate of drug-likeness (QED) is 0.631. The van der Waals surface area contributed by atoms with Gasteiger partial charge in [-0.1, -0.05) is 30.3 Å². The third-order valence-electron chi connectivity index (χ3n) is 3.13. The molecule has 22 heavy (non-hydrogen) atoms. The smallest absolute Gasteiger partial charge is 0.350 e. The predicted molar refractivity (Wildman–Crippen MR) is 91.6 cm³/mol. The highest BCUT2D eigenvalue weighted by molar-refractivity contribution is 7.24. The van der Waals surface area contributed by atoms with Crippen molar-refractivity contribution in [3.05, 3.63) is 53.0 Å². The lowest BCUT2D eigenvalue weighted by Gasteiger charge is -1.97. The molecule has 0 N–H and O–H groups in total. The minimum atomic E-state index is -0.288. The Bertz CT molecular complexity index is 790. The Morgan fingerprint density at radius 3 is 2.55 bits per heavy atom. The van der Waals surface area contributed by atoms with Gasteiger partial charge in [0.15, 0.2) is 0 Å². The molecule has 0 saturated carbocycles. The summed E-state index contributed by atoms with van der Waals surface area (Å²) in [5.41, 5.74) is 1.92. The van der Waals surface area contributed by atoms with Gasteiger partial charge in [0, 0.05) is 4.88 Å². The zero-order valence-corrected chi connectivity index (χ0v) is 14.0. The lowest BCUT2D eigenvalue weighted by molar-refractivity contribution is 0.0531. The Hall–Kier alpha value is -1.98. The average molecular weight is 329 g/mol. The fourth-order valence-electron chi connectivity index (χ4n) is 2.10. The first-order valence-corrected chi connectivity index (χ1v) is 8.62. The predicted octanol–water partition coefficient (Wildman–Crippen LogP) is 5.02. The van der Waals surface area contributed by atoms with Gasteiger partial charge in [-0.15, -0.1) is 22.7 Å². The molecule has 0 aliphatic carbocycles. The lowest BCUT2D eigenvalue weighted by atomic mass is 10.2. The van der Waals surface area contributed by atoms with E-state index in [2.05, 4.69) is 29.2 Å². The van der Waals surface area contributed by atoms with E-state index >= 15 is 0 Å². The highest BCUT2D eigenvalue weighted by Gasteiger charge is 2.18. The summed E-state index contributed by atoms with van der Waals surface area (Å²) in [5.74, 6) is -0.288. The van der Waals surface area contributed by atoms with Gasteiger partial charge in [-0.05, 0) is 31.5 Å². The second-order valence-electron chi connectivity index (χ2n) is 4.68. The molecule has 0 atom stereocenters. The number of aromatic nitrogens is 1. The molecule has 0 radical (unpaired) electrons. The SMILES string of the molecule is CCOC(=O)c1sc(-c2ccc(-c3ccccc3)s2)nc1C. The molecule has 0 fully saturated rings. The number of thiophene rings is 1. The maximum absolute atomic E-state index is 11.9. The average Bonchev–Trinajstić information content (AvgIpc) is 3.15. The van der Waals surface area contributed by atoms with E-state index in [1.54, 1.807) is 18.3 Å². The number of hydrogen-bond donors (Lipinski definition) is 0. The Labute approximate surface area is 137 Å². The number of benzene rings is 1. The van der Waals surface area contributed by atoms with Crippen LogP contribution < -0.4 is 0 Å². The van der Waals surface area contributed by atoms with Gasteiger partial charge in [0.2, 0.25) is 0 Å². The van der Waals surface area contributed by atoms with Gasteiger partial charge in [0.05, 0.1) is 17.2 Å². The van der Waals surface area contributed by atoms with Crippen molar-refractivity contribution >= 4 is 28.6 Å². The van der Waals surface area contributed by atoms with Crippen LogP contribution in [0, 0.1) is 6.92 Å². The summed E-state index contributed by atoms with van der Waals surface area (Å²) in [6, 6.07) is 14.4. The summed E-state index contributed by atoms with van der Waals surface area (Å²) >= 11 is 3.08. The van der Waals surface area contributed by atoms with Crippen LogP contribution in [0.4, 0.5) is 0 Å². The first kappa shape index (κ1) is 14.9. The molecule has 3 nitrogen and oxygen atoms in total. The fraction of sp³-hybridized carbons (Fsp3) is 0.176. The van der Waals surface area contributed by atoms with Crippen LogP contribution in [-0.4, -0.2) is 17.6 Å². The Morgan fingerprint density at radius 2 is 1.82 bits per heavy atom. The van der Waals surface area contributed by atoms with E-state index in [4.69, 9.17) is 4.74 Å². The number of aryl methyl sites for hydroxylation is 1. The maximum Gasteiger partial charge on any atom is 0.350 e. The topological polar surface area (TPSA) is 39.2 Å². The first-order chi connectivity index (χ1) is 10.7. The van der Waals surface area contributed by atoms with Gasteiger partial charge < -0.3 is 4.74 Å². The fourth-order valence-corrected chi connectivity index (χ4v) is 4.12. The van der Waals surface area contributed by atoms with Crippen LogP contribution in [0.1, 0.15) is 22.3 Å². The van der Waals surface area contributed by atoms with Crippen LogP contribution in [-0.2, 0) is 4.74 Å². The van der Waals surface area contributed by atoms with Crippen molar-refractivity contribution in [3.63, 3.8) is 0 Å². The van der Waals surface area contributed by atoms with E-state index in [9.17, 15) is 4.79 Å². The maximum atomic E-state index is 11.9. The van der Waals surface area contributed by atoms with Gasteiger partial charge in [0.25, 0.3) is 0 Å². The van der Waals surface area contributed by atoms with Crippen molar-refractivity contribution in [3.8, 4) is 20.3 Å². The molecule has 5 heteroatoms. The second-order valence-corrected chi connectivity index (χ2v) is 6.77. The second kappa shape index (κ2) is 6.42. The van der Waals surface area contributed by atoms with Crippen molar-refractivity contribution in [2.75, 3.05) is 6.61 Å². The number of ether oxygens (including phenoxy) is 1. The Balaban J connectivity index is 1.91. The molecule has 0 aliphatic heterocycles. The highest BCUT2D eigenvalue weighted by atomic mass is 32.1. The van der Waals surface area contributed by atoms with Crippen molar-refractivity contribution in [2.24, 2.45) is 0 Å². The molecule has 0 amide bonds. The summed E-state index contributed by atoms with van der Waals surface area (Å²) in [6.45, 7) is 4.03. The van der Waals surface area contributed by atoms with Gasteiger partial charge in [-0.3, -0.25) is 0 Å². The number of hydrogen-bond acceptors (Lipinski definition) is 5. The minimum absolute atomic E-state index is 0.288. The van der Waals surface area contributed by atoms with Crippen molar-refractivity contribution in [1.29, 1.82) is 0 Å². The first-order valence-electron chi connectivity index (χ1n) is 6.99. The van der Waals surface area contributed by atoms with Gasteiger partial charge in [0.1, 0.15) is 9.88 Å². The van der Waals surface area contributed by atoms with E-state index in [0.717, 1.165) is 15.6 Å². The molecule has 0 bridgehead atoms. The molecule has 0 saturated heterocycles. The van der Waals surface area contributed by atoms with Crippen LogP contribution in [0.3, 0.4) is 0 Å². The molecular weight excluding hydrogens is 314 g/mol. The Morgan fingerprint density at radius 1 is 1.09 bits per heavy atom. The van der Waals surface area contributed by atoms with Crippen LogP contribution in [0.2, 0.25) is 0 Å². The van der Waals surface area contributed by atoms with Crippen LogP contribution >= 0.6 is 22.7 Å². The van der Waals surface area contributed by atoms with Crippen molar-refractivity contribution < 1.29 is 9.53 Å². The Kier molecular flexibility index (Phi) is 4.36. The summed E-state index contributed by atoms with van der Waals surface area (Å²) < 4.78 is 5.07. The highest BCUT2D eigenvalue weighted by Crippen LogP contribution is 2.37. The third kappa shape index (κ3) is 2.96. The molecule has 3 rings (SSSR count). The number of thiazole rings is 1. The zero-order chi connectivity index (χ0) is 15.5. The van der Waals surface area contributed by atoms with E-state index in [1.165, 1.54) is 21.8 Å². The number of carbonyl (C=O) groups excluding carboxylic acids is 1. The van der Waals surface area contributed by atoms with E-state index in [-0.39, 0.29) is 5.97 Å². The van der Waals surface area contributed by atoms with E-state index in [1.807, 2.05) is 25.1 Å². The summed E-state index contributed by atoms with van der Waals surface area (Å²) in [5, 5.41) is 0.868. The van der Waals surface area contributed by atoms with E-state index in [0.29, 0.717) is 11.5 Å². The van der Waals surface area contributed by atoms with Crippen LogP contribution in [0.25, 0.3) is 20.3 Å². The normalized spacial score (nSPS) is 10.6. The summed E-state index contributed by atoms with van der Waals surface area (Å²) in [7, 11) is 0. The third-order valence-corrected chi connectivity index (χ3v) is 5.57. The molecule has 0 spiro atoms. The molecule has 0 aliphatic rings. The summed E-state index contributed by atoms with van der Waals surface area (Å²) in [6.07, 6.45) is 0.